The lowest BCUT2D eigenvalue weighted by molar-refractivity contribution is 0.296. The minimum atomic E-state index is 0.674. The molecule has 0 aromatic heterocycles. The minimum Gasteiger partial charge on any atom is -0.493 e. The van der Waals surface area contributed by atoms with Crippen molar-refractivity contribution in [2.45, 2.75) is 33.2 Å². The molecule has 100 valence electrons. The van der Waals surface area contributed by atoms with E-state index in [-0.39, 0.29) is 0 Å². The summed E-state index contributed by atoms with van der Waals surface area (Å²) in [5, 5.41) is 3.47. The van der Waals surface area contributed by atoms with E-state index in [1.54, 1.807) is 0 Å². The van der Waals surface area contributed by atoms with Gasteiger partial charge in [0.2, 0.25) is 0 Å². The summed E-state index contributed by atoms with van der Waals surface area (Å²) in [5.41, 5.74) is 1.24. The molecular formula is C15H22BrNO. The van der Waals surface area contributed by atoms with Crippen molar-refractivity contribution in [3.05, 3.63) is 28.2 Å². The Labute approximate surface area is 118 Å². The molecule has 1 aliphatic rings. The Kier molecular flexibility index (Phi) is 5.07. The largest absolute Gasteiger partial charge is 0.493 e. The molecule has 0 spiro atoms. The lowest BCUT2D eigenvalue weighted by atomic mass is 10.2. The molecule has 1 aliphatic carbocycles. The van der Waals surface area contributed by atoms with Gasteiger partial charge in [-0.05, 0) is 49.4 Å². The third-order valence-electron chi connectivity index (χ3n) is 3.06. The fourth-order valence-electron chi connectivity index (χ4n) is 1.81. The van der Waals surface area contributed by atoms with Gasteiger partial charge in [-0.25, -0.2) is 0 Å². The van der Waals surface area contributed by atoms with Crippen LogP contribution in [0, 0.1) is 11.8 Å². The van der Waals surface area contributed by atoms with Crippen molar-refractivity contribution in [1.82, 2.24) is 5.32 Å². The van der Waals surface area contributed by atoms with Crippen LogP contribution in [0.5, 0.6) is 5.75 Å². The highest BCUT2D eigenvalue weighted by Crippen LogP contribution is 2.31. The first-order valence-corrected chi connectivity index (χ1v) is 7.56. The van der Waals surface area contributed by atoms with Gasteiger partial charge < -0.3 is 10.1 Å². The second kappa shape index (κ2) is 6.58. The highest BCUT2D eigenvalue weighted by molar-refractivity contribution is 9.10. The van der Waals surface area contributed by atoms with Crippen LogP contribution in [0.2, 0.25) is 0 Å². The van der Waals surface area contributed by atoms with Crippen LogP contribution in [0.4, 0.5) is 0 Å². The van der Waals surface area contributed by atoms with Crippen LogP contribution >= 0.6 is 15.9 Å². The molecule has 0 radical (unpaired) electrons. The second-order valence-electron chi connectivity index (χ2n) is 5.53. The number of ether oxygens (including phenoxy) is 1. The zero-order valence-electron chi connectivity index (χ0n) is 11.2. The maximum Gasteiger partial charge on any atom is 0.123 e. The third-order valence-corrected chi connectivity index (χ3v) is 3.56. The minimum absolute atomic E-state index is 0.674. The Bertz CT molecular complexity index is 388. The molecule has 1 saturated carbocycles. The zero-order chi connectivity index (χ0) is 13.0. The van der Waals surface area contributed by atoms with Crippen molar-refractivity contribution in [2.24, 2.45) is 11.8 Å². The lowest BCUT2D eigenvalue weighted by Gasteiger charge is -2.13. The molecule has 1 aromatic rings. The molecule has 1 fully saturated rings. The van der Waals surface area contributed by atoms with Gasteiger partial charge in [0, 0.05) is 16.6 Å². The van der Waals surface area contributed by atoms with Crippen LogP contribution in [0.3, 0.4) is 0 Å². The quantitative estimate of drug-likeness (QED) is 0.822. The van der Waals surface area contributed by atoms with Crippen LogP contribution < -0.4 is 10.1 Å². The number of nitrogens with one attached hydrogen (secondary N) is 1. The fraction of sp³-hybridized carbons (Fsp3) is 0.600. The van der Waals surface area contributed by atoms with Crippen molar-refractivity contribution in [1.29, 1.82) is 0 Å². The Balaban J connectivity index is 1.93. The van der Waals surface area contributed by atoms with Gasteiger partial charge in [0.05, 0.1) is 6.61 Å². The first kappa shape index (κ1) is 13.9. The normalized spacial score (nSPS) is 15.1. The monoisotopic (exact) mass is 311 g/mol. The summed E-state index contributed by atoms with van der Waals surface area (Å²) >= 11 is 3.53. The van der Waals surface area contributed by atoms with E-state index in [4.69, 9.17) is 4.74 Å². The zero-order valence-corrected chi connectivity index (χ0v) is 12.8. The highest BCUT2D eigenvalue weighted by Gasteiger charge is 2.22. The molecule has 0 heterocycles. The summed E-state index contributed by atoms with van der Waals surface area (Å²) in [7, 11) is 0. The van der Waals surface area contributed by atoms with Crippen LogP contribution in [-0.4, -0.2) is 13.2 Å². The maximum absolute atomic E-state index is 5.91. The SMILES string of the molecule is CC(C)CNCc1cc(Br)ccc1OCC1CC1. The molecule has 1 N–H and O–H groups in total. The van der Waals surface area contributed by atoms with E-state index in [9.17, 15) is 0 Å². The van der Waals surface area contributed by atoms with Gasteiger partial charge in [-0.3, -0.25) is 0 Å². The van der Waals surface area contributed by atoms with Crippen LogP contribution in [-0.2, 0) is 6.54 Å². The molecule has 2 nitrogen and oxygen atoms in total. The van der Waals surface area contributed by atoms with Gasteiger partial charge in [0.1, 0.15) is 5.75 Å². The first-order valence-electron chi connectivity index (χ1n) is 6.77. The number of rotatable bonds is 7. The Morgan fingerprint density at radius 2 is 2.17 bits per heavy atom. The average Bonchev–Trinajstić information content (AvgIpc) is 3.11. The average molecular weight is 312 g/mol. The van der Waals surface area contributed by atoms with Gasteiger partial charge in [0.15, 0.2) is 0 Å². The molecule has 3 heteroatoms. The van der Waals surface area contributed by atoms with Crippen LogP contribution in [0.25, 0.3) is 0 Å². The van der Waals surface area contributed by atoms with Gasteiger partial charge in [0.25, 0.3) is 0 Å². The lowest BCUT2D eigenvalue weighted by Crippen LogP contribution is -2.19. The smallest absolute Gasteiger partial charge is 0.123 e. The van der Waals surface area contributed by atoms with E-state index in [1.807, 2.05) is 6.07 Å². The predicted octanol–water partition coefficient (Wildman–Crippen LogP) is 3.98. The van der Waals surface area contributed by atoms with E-state index in [1.165, 1.54) is 18.4 Å². The van der Waals surface area contributed by atoms with E-state index < -0.39 is 0 Å². The summed E-state index contributed by atoms with van der Waals surface area (Å²) < 4.78 is 7.03. The molecule has 0 amide bonds. The molecule has 0 bridgehead atoms. The third kappa shape index (κ3) is 4.62. The Hall–Kier alpha value is -0.540. The molecule has 1 aromatic carbocycles. The van der Waals surface area contributed by atoms with E-state index >= 15 is 0 Å². The summed E-state index contributed by atoms with van der Waals surface area (Å²) in [6, 6.07) is 6.27. The Morgan fingerprint density at radius 1 is 1.39 bits per heavy atom. The predicted molar refractivity (Wildman–Crippen MR) is 78.9 cm³/mol. The van der Waals surface area contributed by atoms with Gasteiger partial charge in [-0.2, -0.15) is 0 Å². The maximum atomic E-state index is 5.91. The number of hydrogen-bond donors (Lipinski definition) is 1. The van der Waals surface area contributed by atoms with E-state index in [0.29, 0.717) is 5.92 Å². The molecule has 0 aliphatic heterocycles. The fourth-order valence-corrected chi connectivity index (χ4v) is 2.22. The van der Waals surface area contributed by atoms with E-state index in [2.05, 4.69) is 47.2 Å². The molecule has 18 heavy (non-hydrogen) atoms. The molecular weight excluding hydrogens is 290 g/mol. The second-order valence-corrected chi connectivity index (χ2v) is 6.45. The van der Waals surface area contributed by atoms with Gasteiger partial charge >= 0.3 is 0 Å². The molecule has 0 atom stereocenters. The first-order chi connectivity index (χ1) is 8.65. The van der Waals surface area contributed by atoms with Crippen LogP contribution in [0.1, 0.15) is 32.3 Å². The standard InChI is InChI=1S/C15H22BrNO/c1-11(2)8-17-9-13-7-14(16)5-6-15(13)18-10-12-3-4-12/h5-7,11-12,17H,3-4,8-10H2,1-2H3. The Morgan fingerprint density at radius 3 is 2.83 bits per heavy atom. The highest BCUT2D eigenvalue weighted by atomic mass is 79.9. The van der Waals surface area contributed by atoms with Crippen LogP contribution in [0.15, 0.2) is 22.7 Å². The number of halogens is 1. The number of benzene rings is 1. The molecule has 0 unspecified atom stereocenters. The summed E-state index contributed by atoms with van der Waals surface area (Å²) in [4.78, 5) is 0. The summed E-state index contributed by atoms with van der Waals surface area (Å²) in [5.74, 6) is 2.50. The van der Waals surface area contributed by atoms with Crippen molar-refractivity contribution in [3.63, 3.8) is 0 Å². The van der Waals surface area contributed by atoms with Crippen molar-refractivity contribution in [3.8, 4) is 5.75 Å². The van der Waals surface area contributed by atoms with Crippen molar-refractivity contribution < 1.29 is 4.74 Å². The van der Waals surface area contributed by atoms with Crippen molar-refractivity contribution in [2.75, 3.05) is 13.2 Å². The number of hydrogen-bond acceptors (Lipinski definition) is 2. The summed E-state index contributed by atoms with van der Waals surface area (Å²) in [6.45, 7) is 7.22. The molecule has 0 saturated heterocycles. The summed E-state index contributed by atoms with van der Waals surface area (Å²) in [6.07, 6.45) is 2.66. The van der Waals surface area contributed by atoms with E-state index in [0.717, 1.165) is 35.8 Å². The topological polar surface area (TPSA) is 21.3 Å². The van der Waals surface area contributed by atoms with Gasteiger partial charge in [-0.15, -0.1) is 0 Å². The van der Waals surface area contributed by atoms with Gasteiger partial charge in [-0.1, -0.05) is 29.8 Å². The van der Waals surface area contributed by atoms with Crippen molar-refractivity contribution >= 4 is 15.9 Å². The molecule has 2 rings (SSSR count).